The van der Waals surface area contributed by atoms with Crippen LogP contribution in [-0.2, 0) is 42.6 Å². The van der Waals surface area contributed by atoms with E-state index in [2.05, 4.69) is 0 Å². The van der Waals surface area contributed by atoms with Crippen LogP contribution in [0.15, 0.2) is 0 Å². The van der Waals surface area contributed by atoms with Crippen LogP contribution >= 0.6 is 0 Å². The van der Waals surface area contributed by atoms with Gasteiger partial charge in [0.1, 0.15) is 24.4 Å². The smallest absolute Gasteiger partial charge is 0.187 e. The summed E-state index contributed by atoms with van der Waals surface area (Å²) in [5.74, 6) is -1.86. The van der Waals surface area contributed by atoms with E-state index < -0.39 is 29.9 Å². The van der Waals surface area contributed by atoms with E-state index in [4.69, 9.17) is 42.6 Å². The summed E-state index contributed by atoms with van der Waals surface area (Å²) in [5, 5.41) is 0. The van der Waals surface area contributed by atoms with Crippen molar-refractivity contribution in [3.8, 4) is 0 Å². The topological polar surface area (TPSA) is 83.1 Å². The van der Waals surface area contributed by atoms with Crippen LogP contribution in [0.2, 0.25) is 0 Å². The fraction of sp³-hybridized carbons (Fsp3) is 1.00. The Morgan fingerprint density at radius 1 is 0.710 bits per heavy atom. The largest absolute Gasteiger partial charge is 0.353 e. The maximum atomic E-state index is 6.31. The van der Waals surface area contributed by atoms with Crippen LogP contribution in [0.5, 0.6) is 0 Å². The van der Waals surface area contributed by atoms with Gasteiger partial charge in [0, 0.05) is 13.0 Å². The van der Waals surface area contributed by atoms with Crippen LogP contribution < -0.4 is 0 Å². The molecule has 9 nitrogen and oxygen atoms in total. The van der Waals surface area contributed by atoms with Crippen molar-refractivity contribution in [1.82, 2.24) is 0 Å². The molecular formula is C22H36O9. The quantitative estimate of drug-likeness (QED) is 0.634. The minimum atomic E-state index is -0.673. The first-order valence-corrected chi connectivity index (χ1v) is 11.3. The molecule has 31 heavy (non-hydrogen) atoms. The monoisotopic (exact) mass is 444 g/mol. The summed E-state index contributed by atoms with van der Waals surface area (Å²) in [6, 6.07) is 0. The molecule has 5 aliphatic heterocycles. The fourth-order valence-corrected chi connectivity index (χ4v) is 5.59. The summed E-state index contributed by atoms with van der Waals surface area (Å²) in [7, 11) is 1.63. The molecule has 0 N–H and O–H groups in total. The number of hydrogen-bond donors (Lipinski definition) is 0. The number of rotatable bonds is 5. The van der Waals surface area contributed by atoms with Gasteiger partial charge in [-0.05, 0) is 54.4 Å². The van der Waals surface area contributed by atoms with Crippen LogP contribution in [0.1, 0.15) is 54.4 Å². The Morgan fingerprint density at radius 2 is 1.39 bits per heavy atom. The van der Waals surface area contributed by atoms with Gasteiger partial charge in [-0.1, -0.05) is 0 Å². The average Bonchev–Trinajstić information content (AvgIpc) is 3.39. The molecule has 5 saturated heterocycles. The van der Waals surface area contributed by atoms with Crippen LogP contribution in [0, 0.1) is 5.92 Å². The molecular weight excluding hydrogens is 408 g/mol. The van der Waals surface area contributed by atoms with Crippen molar-refractivity contribution in [2.75, 3.05) is 13.7 Å². The Morgan fingerprint density at radius 3 is 2.06 bits per heavy atom. The van der Waals surface area contributed by atoms with Crippen molar-refractivity contribution in [2.24, 2.45) is 5.92 Å². The van der Waals surface area contributed by atoms with E-state index >= 15 is 0 Å². The molecule has 0 aromatic heterocycles. The summed E-state index contributed by atoms with van der Waals surface area (Å²) in [4.78, 5) is 0. The van der Waals surface area contributed by atoms with E-state index in [9.17, 15) is 0 Å². The predicted octanol–water partition coefficient (Wildman–Crippen LogP) is 2.30. The molecule has 5 rings (SSSR count). The molecule has 1 unspecified atom stereocenters. The summed E-state index contributed by atoms with van der Waals surface area (Å²) in [6.07, 6.45) is -0.332. The highest BCUT2D eigenvalue weighted by atomic mass is 16.8. The molecule has 0 aliphatic carbocycles. The SMILES string of the molecule is CO[C@@H]1O[C@H](CC[C@H]2[C@H]3OC(C)(C)O[C@H]3O[C@@H]2C2COC(C)(C)O2)[C@H]2OC(C)(C)O[C@@H]12. The highest BCUT2D eigenvalue weighted by molar-refractivity contribution is 5.00. The normalized spacial score (nSPS) is 49.5. The predicted molar refractivity (Wildman–Crippen MR) is 106 cm³/mol. The maximum Gasteiger partial charge on any atom is 0.187 e. The van der Waals surface area contributed by atoms with E-state index in [1.807, 2.05) is 41.5 Å². The molecule has 9 heteroatoms. The van der Waals surface area contributed by atoms with Crippen LogP contribution in [-0.4, -0.2) is 80.3 Å². The second-order valence-electron chi connectivity index (χ2n) is 10.5. The Labute approximate surface area is 183 Å². The summed E-state index contributed by atoms with van der Waals surface area (Å²) in [6.45, 7) is 12.0. The Bertz CT molecular complexity index is 680. The van der Waals surface area contributed by atoms with Gasteiger partial charge in [-0.15, -0.1) is 0 Å². The first-order chi connectivity index (χ1) is 14.5. The van der Waals surface area contributed by atoms with Gasteiger partial charge in [-0.25, -0.2) is 0 Å². The zero-order valence-corrected chi connectivity index (χ0v) is 19.5. The highest BCUT2D eigenvalue weighted by Crippen LogP contribution is 2.47. The van der Waals surface area contributed by atoms with Crippen LogP contribution in [0.25, 0.3) is 0 Å². The van der Waals surface area contributed by atoms with Gasteiger partial charge in [-0.2, -0.15) is 0 Å². The van der Waals surface area contributed by atoms with Gasteiger partial charge < -0.3 is 42.6 Å². The highest BCUT2D eigenvalue weighted by Gasteiger charge is 2.59. The van der Waals surface area contributed by atoms with Gasteiger partial charge in [-0.3, -0.25) is 0 Å². The molecule has 5 heterocycles. The zero-order chi connectivity index (χ0) is 22.2. The number of fused-ring (bicyclic) bond motifs is 2. The minimum absolute atomic E-state index is 0.0771. The van der Waals surface area contributed by atoms with E-state index in [0.29, 0.717) is 6.61 Å². The standard InChI is InChI=1S/C22H36O9/c1-20(2)24-10-13(27-20)14-11(15-19(26-14)31-22(5,6)28-15)8-9-12-16-17(18(23-7)25-12)30-21(3,4)29-16/h11-19H,8-10H2,1-7H3/t11-,12-,13?,14+,15-,16-,17-,18-,19-/m1/s1. The zero-order valence-electron chi connectivity index (χ0n) is 19.5. The van der Waals surface area contributed by atoms with Crippen molar-refractivity contribution >= 4 is 0 Å². The van der Waals surface area contributed by atoms with Gasteiger partial charge in [0.15, 0.2) is 29.9 Å². The van der Waals surface area contributed by atoms with E-state index in [1.165, 1.54) is 0 Å². The van der Waals surface area contributed by atoms with E-state index in [1.54, 1.807) is 7.11 Å². The van der Waals surface area contributed by atoms with Crippen molar-refractivity contribution in [3.63, 3.8) is 0 Å². The molecule has 5 fully saturated rings. The molecule has 178 valence electrons. The van der Waals surface area contributed by atoms with E-state index in [0.717, 1.165) is 12.8 Å². The van der Waals surface area contributed by atoms with Gasteiger partial charge in [0.2, 0.25) is 0 Å². The number of hydrogen-bond acceptors (Lipinski definition) is 9. The molecule has 0 aromatic rings. The van der Waals surface area contributed by atoms with Crippen LogP contribution in [0.4, 0.5) is 0 Å². The third-order valence-corrected chi connectivity index (χ3v) is 6.74. The molecule has 0 amide bonds. The Balaban J connectivity index is 1.30. The first-order valence-electron chi connectivity index (χ1n) is 11.3. The third kappa shape index (κ3) is 4.18. The maximum absolute atomic E-state index is 6.31. The summed E-state index contributed by atoms with van der Waals surface area (Å²) >= 11 is 0. The molecule has 9 atom stereocenters. The molecule has 0 saturated carbocycles. The fourth-order valence-electron chi connectivity index (χ4n) is 5.59. The number of methoxy groups -OCH3 is 1. The van der Waals surface area contributed by atoms with Crippen molar-refractivity contribution in [3.05, 3.63) is 0 Å². The van der Waals surface area contributed by atoms with Crippen molar-refractivity contribution in [2.45, 2.75) is 121 Å². The third-order valence-electron chi connectivity index (χ3n) is 6.74. The molecule has 0 aromatic carbocycles. The summed E-state index contributed by atoms with van der Waals surface area (Å²) in [5.41, 5.74) is 0. The molecule has 5 aliphatic rings. The molecule has 0 spiro atoms. The lowest BCUT2D eigenvalue weighted by Crippen LogP contribution is -2.40. The minimum Gasteiger partial charge on any atom is -0.353 e. The molecule has 0 radical (unpaired) electrons. The lowest BCUT2D eigenvalue weighted by molar-refractivity contribution is -0.232. The number of ether oxygens (including phenoxy) is 9. The summed E-state index contributed by atoms with van der Waals surface area (Å²) < 4.78 is 54.3. The van der Waals surface area contributed by atoms with Crippen molar-refractivity contribution in [1.29, 1.82) is 0 Å². The molecule has 0 bridgehead atoms. The van der Waals surface area contributed by atoms with Gasteiger partial charge >= 0.3 is 0 Å². The Kier molecular flexibility index (Phi) is 5.48. The lowest BCUT2D eigenvalue weighted by Gasteiger charge is -2.30. The Hall–Kier alpha value is -0.360. The lowest BCUT2D eigenvalue weighted by atomic mass is 9.88. The van der Waals surface area contributed by atoms with Crippen molar-refractivity contribution < 1.29 is 42.6 Å². The first kappa shape index (κ1) is 22.4. The van der Waals surface area contributed by atoms with Crippen LogP contribution in [0.3, 0.4) is 0 Å². The van der Waals surface area contributed by atoms with Gasteiger partial charge in [0.25, 0.3) is 0 Å². The van der Waals surface area contributed by atoms with Gasteiger partial charge in [0.05, 0.1) is 18.8 Å². The van der Waals surface area contributed by atoms with E-state index in [-0.39, 0.29) is 42.5 Å². The second-order valence-corrected chi connectivity index (χ2v) is 10.5. The average molecular weight is 445 g/mol. The second kappa shape index (κ2) is 7.58.